The lowest BCUT2D eigenvalue weighted by Gasteiger charge is -2.01. The molecule has 1 aromatic heterocycles. The molecule has 2 aromatic rings. The maximum absolute atomic E-state index is 11.8. The normalized spacial score (nSPS) is 10.3. The van der Waals surface area contributed by atoms with Crippen molar-refractivity contribution in [1.29, 1.82) is 0 Å². The van der Waals surface area contributed by atoms with E-state index in [0.717, 1.165) is 10.1 Å². The molecule has 94 valence electrons. The molecule has 0 unspecified atom stereocenters. The number of nitrogens with one attached hydrogen (secondary N) is 1. The first-order valence-corrected chi connectivity index (χ1v) is 6.36. The predicted molar refractivity (Wildman–Crippen MR) is 70.8 cm³/mol. The van der Waals surface area contributed by atoms with E-state index in [4.69, 9.17) is 0 Å². The molecule has 0 atom stereocenters. The molecule has 1 amide bonds. The SMILES string of the molecule is COC(=O)CCNC(=O)c1cc2ccccc2s1. The van der Waals surface area contributed by atoms with Crippen LogP contribution in [0.4, 0.5) is 0 Å². The number of hydrogen-bond donors (Lipinski definition) is 1. The van der Waals surface area contributed by atoms with Crippen molar-refractivity contribution in [1.82, 2.24) is 5.32 Å². The van der Waals surface area contributed by atoms with E-state index in [-0.39, 0.29) is 18.3 Å². The van der Waals surface area contributed by atoms with Gasteiger partial charge in [-0.1, -0.05) is 18.2 Å². The maximum atomic E-state index is 11.8. The molecular formula is C13H13NO3S. The highest BCUT2D eigenvalue weighted by molar-refractivity contribution is 7.20. The first kappa shape index (κ1) is 12.6. The van der Waals surface area contributed by atoms with Crippen molar-refractivity contribution in [3.05, 3.63) is 35.2 Å². The lowest BCUT2D eigenvalue weighted by Crippen LogP contribution is -2.25. The number of ether oxygens (including phenoxy) is 1. The van der Waals surface area contributed by atoms with E-state index in [2.05, 4.69) is 10.1 Å². The smallest absolute Gasteiger partial charge is 0.307 e. The predicted octanol–water partition coefficient (Wildman–Crippen LogP) is 2.19. The number of thiophene rings is 1. The van der Waals surface area contributed by atoms with Gasteiger partial charge in [0.05, 0.1) is 18.4 Å². The topological polar surface area (TPSA) is 55.4 Å². The summed E-state index contributed by atoms with van der Waals surface area (Å²) in [6.45, 7) is 0.291. The van der Waals surface area contributed by atoms with Crippen LogP contribution in [0.1, 0.15) is 16.1 Å². The Morgan fingerprint density at radius 3 is 2.83 bits per heavy atom. The summed E-state index contributed by atoms with van der Waals surface area (Å²) in [6.07, 6.45) is 0.188. The van der Waals surface area contributed by atoms with Crippen LogP contribution in [0.5, 0.6) is 0 Å². The van der Waals surface area contributed by atoms with Gasteiger partial charge in [-0.25, -0.2) is 0 Å². The molecule has 0 aliphatic rings. The quantitative estimate of drug-likeness (QED) is 0.860. The minimum absolute atomic E-state index is 0.153. The van der Waals surface area contributed by atoms with Gasteiger partial charge < -0.3 is 10.1 Å². The van der Waals surface area contributed by atoms with Gasteiger partial charge in [0.1, 0.15) is 0 Å². The van der Waals surface area contributed by atoms with Gasteiger partial charge in [-0.2, -0.15) is 0 Å². The zero-order valence-corrected chi connectivity index (χ0v) is 10.8. The molecule has 18 heavy (non-hydrogen) atoms. The molecule has 1 aromatic carbocycles. The summed E-state index contributed by atoms with van der Waals surface area (Å²) in [5, 5.41) is 3.75. The number of rotatable bonds is 4. The molecule has 0 radical (unpaired) electrons. The minimum atomic E-state index is -0.327. The van der Waals surface area contributed by atoms with Crippen LogP contribution in [0.25, 0.3) is 10.1 Å². The van der Waals surface area contributed by atoms with E-state index in [0.29, 0.717) is 11.4 Å². The zero-order valence-electron chi connectivity index (χ0n) is 9.93. The average molecular weight is 263 g/mol. The summed E-state index contributed by atoms with van der Waals surface area (Å²) in [4.78, 5) is 23.4. The van der Waals surface area contributed by atoms with E-state index in [9.17, 15) is 9.59 Å². The Morgan fingerprint density at radius 2 is 2.11 bits per heavy atom. The summed E-state index contributed by atoms with van der Waals surface area (Å²) in [7, 11) is 1.33. The van der Waals surface area contributed by atoms with E-state index in [1.807, 2.05) is 30.3 Å². The average Bonchev–Trinajstić information content (AvgIpc) is 2.82. The Bertz CT molecular complexity index is 543. The summed E-state index contributed by atoms with van der Waals surface area (Å²) in [5.74, 6) is -0.480. The van der Waals surface area contributed by atoms with Gasteiger partial charge in [0.15, 0.2) is 0 Å². The summed E-state index contributed by atoms with van der Waals surface area (Å²) >= 11 is 1.44. The minimum Gasteiger partial charge on any atom is -0.469 e. The standard InChI is InChI=1S/C13H13NO3S/c1-17-12(15)6-7-14-13(16)11-8-9-4-2-3-5-10(9)18-11/h2-5,8H,6-7H2,1H3,(H,14,16). The number of benzene rings is 1. The van der Waals surface area contributed by atoms with Gasteiger partial charge in [-0.3, -0.25) is 9.59 Å². The molecule has 1 N–H and O–H groups in total. The molecule has 4 nitrogen and oxygen atoms in total. The van der Waals surface area contributed by atoms with Crippen LogP contribution in [0.15, 0.2) is 30.3 Å². The van der Waals surface area contributed by atoms with E-state index < -0.39 is 0 Å². The van der Waals surface area contributed by atoms with Crippen molar-refractivity contribution >= 4 is 33.3 Å². The molecule has 0 aliphatic heterocycles. The van der Waals surface area contributed by atoms with Gasteiger partial charge in [0, 0.05) is 11.2 Å². The van der Waals surface area contributed by atoms with Gasteiger partial charge in [-0.05, 0) is 17.5 Å². The molecule has 0 spiro atoms. The van der Waals surface area contributed by atoms with Crippen LogP contribution in [-0.4, -0.2) is 25.5 Å². The molecule has 2 rings (SSSR count). The van der Waals surface area contributed by atoms with E-state index in [1.165, 1.54) is 18.4 Å². The van der Waals surface area contributed by atoms with Crippen LogP contribution in [0.2, 0.25) is 0 Å². The van der Waals surface area contributed by atoms with Gasteiger partial charge in [-0.15, -0.1) is 11.3 Å². The molecule has 0 fully saturated rings. The number of esters is 1. The molecule has 0 saturated carbocycles. The molecule has 5 heteroatoms. The first-order chi connectivity index (χ1) is 8.70. The number of carbonyl (C=O) groups is 2. The molecule has 1 heterocycles. The van der Waals surface area contributed by atoms with Crippen molar-refractivity contribution in [3.63, 3.8) is 0 Å². The second-order valence-electron chi connectivity index (χ2n) is 3.73. The number of fused-ring (bicyclic) bond motifs is 1. The Hall–Kier alpha value is -1.88. The monoisotopic (exact) mass is 263 g/mol. The summed E-state index contributed by atoms with van der Waals surface area (Å²) in [5.41, 5.74) is 0. The van der Waals surface area contributed by atoms with Crippen molar-refractivity contribution < 1.29 is 14.3 Å². The second-order valence-corrected chi connectivity index (χ2v) is 4.81. The lowest BCUT2D eigenvalue weighted by molar-refractivity contribution is -0.140. The van der Waals surface area contributed by atoms with Gasteiger partial charge in [0.25, 0.3) is 5.91 Å². The molecular weight excluding hydrogens is 250 g/mol. The third kappa shape index (κ3) is 2.87. The highest BCUT2D eigenvalue weighted by Gasteiger charge is 2.10. The second kappa shape index (κ2) is 5.64. The van der Waals surface area contributed by atoms with Crippen LogP contribution in [0, 0.1) is 0 Å². The highest BCUT2D eigenvalue weighted by atomic mass is 32.1. The number of amides is 1. The largest absolute Gasteiger partial charge is 0.469 e. The third-order valence-corrected chi connectivity index (χ3v) is 3.61. The Morgan fingerprint density at radius 1 is 1.33 bits per heavy atom. The fraction of sp³-hybridized carbons (Fsp3) is 0.231. The third-order valence-electron chi connectivity index (χ3n) is 2.49. The van der Waals surface area contributed by atoms with Crippen LogP contribution in [-0.2, 0) is 9.53 Å². The van der Waals surface area contributed by atoms with Crippen molar-refractivity contribution in [3.8, 4) is 0 Å². The van der Waals surface area contributed by atoms with Gasteiger partial charge in [0.2, 0.25) is 0 Å². The van der Waals surface area contributed by atoms with Crippen molar-refractivity contribution in [2.24, 2.45) is 0 Å². The van der Waals surface area contributed by atoms with Crippen molar-refractivity contribution in [2.45, 2.75) is 6.42 Å². The number of hydrogen-bond acceptors (Lipinski definition) is 4. The fourth-order valence-corrected chi connectivity index (χ4v) is 2.54. The van der Waals surface area contributed by atoms with E-state index in [1.54, 1.807) is 0 Å². The zero-order chi connectivity index (χ0) is 13.0. The molecule has 0 bridgehead atoms. The highest BCUT2D eigenvalue weighted by Crippen LogP contribution is 2.24. The van der Waals surface area contributed by atoms with Crippen LogP contribution < -0.4 is 5.32 Å². The number of methoxy groups -OCH3 is 1. The van der Waals surface area contributed by atoms with Crippen LogP contribution in [0.3, 0.4) is 0 Å². The fourth-order valence-electron chi connectivity index (χ4n) is 1.56. The Labute approximate surface area is 109 Å². The van der Waals surface area contributed by atoms with E-state index >= 15 is 0 Å². The van der Waals surface area contributed by atoms with Crippen molar-refractivity contribution in [2.75, 3.05) is 13.7 Å². The van der Waals surface area contributed by atoms with Gasteiger partial charge >= 0.3 is 5.97 Å². The first-order valence-electron chi connectivity index (χ1n) is 5.54. The maximum Gasteiger partial charge on any atom is 0.307 e. The Balaban J connectivity index is 1.98. The number of carbonyl (C=O) groups excluding carboxylic acids is 2. The summed E-state index contributed by atoms with van der Waals surface area (Å²) in [6, 6.07) is 9.68. The Kier molecular flexibility index (Phi) is 3.94. The van der Waals surface area contributed by atoms with Crippen LogP contribution >= 0.6 is 11.3 Å². The summed E-state index contributed by atoms with van der Waals surface area (Å²) < 4.78 is 5.58. The molecule has 0 aliphatic carbocycles. The lowest BCUT2D eigenvalue weighted by atomic mass is 10.2. The molecule has 0 saturated heterocycles.